The molecule has 6 nitrogen and oxygen atoms in total. The zero-order chi connectivity index (χ0) is 15.6. The first-order valence-corrected chi connectivity index (χ1v) is 6.58. The van der Waals surface area contributed by atoms with Gasteiger partial charge >= 0.3 is 0 Å². The summed E-state index contributed by atoms with van der Waals surface area (Å²) >= 11 is 0. The lowest BCUT2D eigenvalue weighted by molar-refractivity contribution is 0.309. The summed E-state index contributed by atoms with van der Waals surface area (Å²) in [6.07, 6.45) is 2.33. The fourth-order valence-corrected chi connectivity index (χ4v) is 1.65. The van der Waals surface area contributed by atoms with Crippen molar-refractivity contribution in [3.63, 3.8) is 0 Å². The van der Waals surface area contributed by atoms with Gasteiger partial charge in [0.15, 0.2) is 0 Å². The van der Waals surface area contributed by atoms with Crippen molar-refractivity contribution in [1.82, 2.24) is 4.98 Å². The second-order valence-corrected chi connectivity index (χ2v) is 4.26. The highest BCUT2D eigenvalue weighted by molar-refractivity contribution is 6.10. The minimum atomic E-state index is -0.247. The number of hydrogen-bond donors (Lipinski definition) is 1. The number of hydrazone groups is 1. The first-order valence-electron chi connectivity index (χ1n) is 6.58. The largest absolute Gasteiger partial charge is 0.477 e. The Labute approximate surface area is 128 Å². The average molecular weight is 291 g/mol. The van der Waals surface area contributed by atoms with Crippen LogP contribution in [0.4, 0.5) is 5.69 Å². The van der Waals surface area contributed by atoms with Crippen LogP contribution >= 0.6 is 0 Å². The second kappa shape index (κ2) is 8.03. The van der Waals surface area contributed by atoms with E-state index in [1.54, 1.807) is 24.3 Å². The zero-order valence-corrected chi connectivity index (χ0v) is 11.7. The molecule has 0 aliphatic rings. The van der Waals surface area contributed by atoms with Crippen molar-refractivity contribution < 1.29 is 4.74 Å². The van der Waals surface area contributed by atoms with Crippen molar-refractivity contribution in [2.45, 2.75) is 6.42 Å². The highest BCUT2D eigenvalue weighted by atomic mass is 16.5. The molecule has 0 saturated heterocycles. The van der Waals surface area contributed by atoms with Crippen LogP contribution in [-0.2, 0) is 6.42 Å². The SMILES string of the molecule is N#CC(C#N)=NNc1ccc(OCCc2ccccc2)nc1. The number of aromatic nitrogens is 1. The molecule has 1 aromatic heterocycles. The summed E-state index contributed by atoms with van der Waals surface area (Å²) in [5, 5.41) is 20.7. The molecule has 1 aromatic carbocycles. The summed E-state index contributed by atoms with van der Waals surface area (Å²) in [6.45, 7) is 0.537. The third kappa shape index (κ3) is 4.62. The molecule has 1 N–H and O–H groups in total. The zero-order valence-electron chi connectivity index (χ0n) is 11.7. The van der Waals surface area contributed by atoms with Crippen molar-refractivity contribution in [3.8, 4) is 18.0 Å². The minimum Gasteiger partial charge on any atom is -0.477 e. The van der Waals surface area contributed by atoms with E-state index in [4.69, 9.17) is 15.3 Å². The number of nitrogens with one attached hydrogen (secondary N) is 1. The molecule has 0 atom stereocenters. The maximum atomic E-state index is 8.56. The van der Waals surface area contributed by atoms with Gasteiger partial charge < -0.3 is 4.74 Å². The van der Waals surface area contributed by atoms with Gasteiger partial charge in [-0.05, 0) is 11.6 Å². The van der Waals surface area contributed by atoms with Crippen LogP contribution in [-0.4, -0.2) is 17.3 Å². The van der Waals surface area contributed by atoms with Crippen molar-refractivity contribution >= 4 is 11.4 Å². The van der Waals surface area contributed by atoms with Crippen LogP contribution in [0, 0.1) is 22.7 Å². The molecule has 0 amide bonds. The van der Waals surface area contributed by atoms with E-state index >= 15 is 0 Å². The average Bonchev–Trinajstić information content (AvgIpc) is 2.58. The van der Waals surface area contributed by atoms with Crippen LogP contribution in [0.5, 0.6) is 5.88 Å². The number of benzene rings is 1. The highest BCUT2D eigenvalue weighted by Gasteiger charge is 1.98. The summed E-state index contributed by atoms with van der Waals surface area (Å²) in [5.41, 5.74) is 4.11. The van der Waals surface area contributed by atoms with Crippen LogP contribution in [0.25, 0.3) is 0 Å². The van der Waals surface area contributed by atoms with E-state index in [0.717, 1.165) is 6.42 Å². The number of nitriles is 2. The predicted molar refractivity (Wildman–Crippen MR) is 82.2 cm³/mol. The lowest BCUT2D eigenvalue weighted by atomic mass is 10.2. The van der Waals surface area contributed by atoms with E-state index in [9.17, 15) is 0 Å². The minimum absolute atomic E-state index is 0.247. The Balaban J connectivity index is 1.83. The van der Waals surface area contributed by atoms with Crippen LogP contribution in [0.2, 0.25) is 0 Å². The monoisotopic (exact) mass is 291 g/mol. The quantitative estimate of drug-likeness (QED) is 0.652. The molecule has 2 aromatic rings. The molecule has 0 spiro atoms. The van der Waals surface area contributed by atoms with Gasteiger partial charge in [0.2, 0.25) is 11.6 Å². The molecule has 0 aliphatic carbocycles. The van der Waals surface area contributed by atoms with Crippen molar-refractivity contribution in [1.29, 1.82) is 10.5 Å². The smallest absolute Gasteiger partial charge is 0.237 e. The Kier molecular flexibility index (Phi) is 5.48. The van der Waals surface area contributed by atoms with Gasteiger partial charge in [-0.15, -0.1) is 0 Å². The van der Waals surface area contributed by atoms with Crippen molar-refractivity contribution in [2.75, 3.05) is 12.0 Å². The predicted octanol–water partition coefficient (Wildman–Crippen LogP) is 2.52. The van der Waals surface area contributed by atoms with Gasteiger partial charge in [0, 0.05) is 12.5 Å². The lowest BCUT2D eigenvalue weighted by Crippen LogP contribution is -2.03. The van der Waals surface area contributed by atoms with Gasteiger partial charge in [0.25, 0.3) is 0 Å². The van der Waals surface area contributed by atoms with Gasteiger partial charge in [-0.25, -0.2) is 4.98 Å². The number of hydrogen-bond acceptors (Lipinski definition) is 6. The first kappa shape index (κ1) is 15.0. The van der Waals surface area contributed by atoms with Crippen molar-refractivity contribution in [3.05, 3.63) is 54.2 Å². The molecule has 0 radical (unpaired) electrons. The molecule has 22 heavy (non-hydrogen) atoms. The Hall–Kier alpha value is -3.38. The van der Waals surface area contributed by atoms with E-state index in [1.165, 1.54) is 11.8 Å². The summed E-state index contributed by atoms with van der Waals surface area (Å²) < 4.78 is 5.55. The Morgan fingerprint density at radius 3 is 2.55 bits per heavy atom. The molecule has 0 bridgehead atoms. The Morgan fingerprint density at radius 2 is 1.91 bits per heavy atom. The molecule has 2 rings (SSSR count). The first-order chi connectivity index (χ1) is 10.8. The maximum absolute atomic E-state index is 8.56. The topological polar surface area (TPSA) is 94.1 Å². The molecule has 0 unspecified atom stereocenters. The van der Waals surface area contributed by atoms with Crippen molar-refractivity contribution in [2.24, 2.45) is 5.10 Å². The molecule has 0 aliphatic heterocycles. The third-order valence-corrected chi connectivity index (χ3v) is 2.73. The number of ether oxygens (including phenoxy) is 1. The van der Waals surface area contributed by atoms with Gasteiger partial charge in [-0.2, -0.15) is 15.6 Å². The number of anilines is 1. The summed E-state index contributed by atoms with van der Waals surface area (Å²) in [7, 11) is 0. The van der Waals surface area contributed by atoms with E-state index in [2.05, 4.69) is 15.5 Å². The normalized spacial score (nSPS) is 9.18. The molecular weight excluding hydrogens is 278 g/mol. The fraction of sp³-hybridized carbons (Fsp3) is 0.125. The van der Waals surface area contributed by atoms with Gasteiger partial charge in [-0.3, -0.25) is 5.43 Å². The van der Waals surface area contributed by atoms with E-state index in [1.807, 2.05) is 30.3 Å². The summed E-state index contributed by atoms with van der Waals surface area (Å²) in [4.78, 5) is 4.12. The summed E-state index contributed by atoms with van der Waals surface area (Å²) in [6, 6.07) is 16.8. The van der Waals surface area contributed by atoms with Crippen LogP contribution < -0.4 is 10.2 Å². The summed E-state index contributed by atoms with van der Waals surface area (Å²) in [5.74, 6) is 0.506. The standard InChI is InChI=1S/C16H13N5O/c17-10-15(11-18)21-20-14-6-7-16(19-12-14)22-9-8-13-4-2-1-3-5-13/h1-7,12,20H,8-9H2. The molecule has 1 heterocycles. The van der Waals surface area contributed by atoms with Gasteiger partial charge in [-0.1, -0.05) is 30.3 Å². The lowest BCUT2D eigenvalue weighted by Gasteiger charge is -2.06. The van der Waals surface area contributed by atoms with E-state index < -0.39 is 0 Å². The molecule has 6 heteroatoms. The maximum Gasteiger partial charge on any atom is 0.237 e. The Morgan fingerprint density at radius 1 is 1.14 bits per heavy atom. The fourth-order valence-electron chi connectivity index (χ4n) is 1.65. The molecule has 0 saturated carbocycles. The molecule has 0 fully saturated rings. The highest BCUT2D eigenvalue weighted by Crippen LogP contribution is 2.12. The molecular formula is C16H13N5O. The van der Waals surface area contributed by atoms with Crippen LogP contribution in [0.1, 0.15) is 5.56 Å². The number of pyridine rings is 1. The Bertz CT molecular complexity index is 695. The number of rotatable bonds is 6. The number of nitrogens with zero attached hydrogens (tertiary/aromatic N) is 4. The van der Waals surface area contributed by atoms with E-state index in [0.29, 0.717) is 18.2 Å². The van der Waals surface area contributed by atoms with E-state index in [-0.39, 0.29) is 5.71 Å². The van der Waals surface area contributed by atoms with Gasteiger partial charge in [0.1, 0.15) is 12.1 Å². The van der Waals surface area contributed by atoms with Crippen LogP contribution in [0.3, 0.4) is 0 Å². The van der Waals surface area contributed by atoms with Gasteiger partial charge in [0.05, 0.1) is 18.5 Å². The second-order valence-electron chi connectivity index (χ2n) is 4.26. The molecule has 108 valence electrons. The van der Waals surface area contributed by atoms with Crippen LogP contribution in [0.15, 0.2) is 53.8 Å². The third-order valence-electron chi connectivity index (χ3n) is 2.73.